The Morgan fingerprint density at radius 1 is 1.11 bits per heavy atom. The Labute approximate surface area is 112 Å². The zero-order valence-electron chi connectivity index (χ0n) is 10.2. The van der Waals surface area contributed by atoms with Crippen molar-refractivity contribution in [2.24, 2.45) is 0 Å². The van der Waals surface area contributed by atoms with Crippen LogP contribution in [-0.4, -0.2) is 27.9 Å². The average molecular weight is 264 g/mol. The van der Waals surface area contributed by atoms with Crippen molar-refractivity contribution < 1.29 is 4.92 Å². The Kier molecular flexibility index (Phi) is 4.25. The molecule has 1 aliphatic heterocycles. The Hall–Kier alpha value is -1.49. The van der Waals surface area contributed by atoms with E-state index in [4.69, 9.17) is 12.2 Å². The molecule has 0 spiro atoms. The minimum atomic E-state index is -0.390. The molecule has 1 saturated heterocycles. The van der Waals surface area contributed by atoms with Gasteiger partial charge in [-0.15, -0.1) is 0 Å². The summed E-state index contributed by atoms with van der Waals surface area (Å²) < 4.78 is 0. The van der Waals surface area contributed by atoms with Crippen molar-refractivity contribution in [3.63, 3.8) is 0 Å². The van der Waals surface area contributed by atoms with Crippen molar-refractivity contribution in [3.8, 4) is 0 Å². The number of hydrogen-bond acceptors (Lipinski definition) is 3. The summed E-state index contributed by atoms with van der Waals surface area (Å²) in [4.78, 5) is 13.2. The summed E-state index contributed by atoms with van der Waals surface area (Å²) in [7, 11) is 0. The van der Waals surface area contributed by atoms with Crippen LogP contribution in [0, 0.1) is 10.1 Å². The van der Waals surface area contributed by atoms with Gasteiger partial charge >= 0.3 is 0 Å². The first-order chi connectivity index (χ1) is 8.68. The summed E-state index contributed by atoms with van der Waals surface area (Å²) in [5, 5.41) is 10.6. The van der Waals surface area contributed by atoms with E-state index in [2.05, 4.69) is 4.90 Å². The number of nitro benzene ring substituents is 1. The second-order valence-corrected chi connectivity index (χ2v) is 4.90. The van der Waals surface area contributed by atoms with Gasteiger partial charge in [-0.1, -0.05) is 25.1 Å². The molecule has 1 aromatic carbocycles. The molecule has 4 nitrogen and oxygen atoms in total. The van der Waals surface area contributed by atoms with Crippen molar-refractivity contribution in [1.29, 1.82) is 0 Å². The maximum atomic E-state index is 10.6. The molecule has 96 valence electrons. The number of nitrogens with zero attached hydrogens (tertiary/aromatic N) is 2. The third kappa shape index (κ3) is 3.04. The fourth-order valence-electron chi connectivity index (χ4n) is 2.18. The maximum absolute atomic E-state index is 10.6. The van der Waals surface area contributed by atoms with Gasteiger partial charge in [0.1, 0.15) is 4.99 Å². The molecular formula is C13H16N2O2S. The Morgan fingerprint density at radius 3 is 2.17 bits per heavy atom. The summed E-state index contributed by atoms with van der Waals surface area (Å²) in [5.41, 5.74) is 1.01. The van der Waals surface area contributed by atoms with Crippen LogP contribution in [-0.2, 0) is 0 Å². The summed E-state index contributed by atoms with van der Waals surface area (Å²) in [6, 6.07) is 6.51. The highest BCUT2D eigenvalue weighted by Crippen LogP contribution is 2.17. The van der Waals surface area contributed by atoms with Gasteiger partial charge in [0.15, 0.2) is 0 Å². The van der Waals surface area contributed by atoms with Crippen LogP contribution in [0.1, 0.15) is 31.2 Å². The number of nitro groups is 1. The second-order valence-electron chi connectivity index (χ2n) is 4.51. The second kappa shape index (κ2) is 5.91. The van der Waals surface area contributed by atoms with E-state index in [1.54, 1.807) is 12.1 Å². The molecule has 1 fully saturated rings. The lowest BCUT2D eigenvalue weighted by Crippen LogP contribution is -2.30. The number of non-ortho nitro benzene ring substituents is 1. The minimum absolute atomic E-state index is 0.109. The summed E-state index contributed by atoms with van der Waals surface area (Å²) in [6.07, 6.45) is 4.87. The van der Waals surface area contributed by atoms with Crippen LogP contribution >= 0.6 is 12.2 Å². The highest BCUT2D eigenvalue weighted by atomic mass is 32.1. The van der Waals surface area contributed by atoms with Gasteiger partial charge in [0.25, 0.3) is 5.69 Å². The largest absolute Gasteiger partial charge is 0.362 e. The Bertz CT molecular complexity index is 437. The van der Waals surface area contributed by atoms with Gasteiger partial charge in [-0.2, -0.15) is 0 Å². The quantitative estimate of drug-likeness (QED) is 0.467. The predicted molar refractivity (Wildman–Crippen MR) is 74.8 cm³/mol. The molecular weight excluding hydrogens is 248 g/mol. The van der Waals surface area contributed by atoms with Gasteiger partial charge in [0, 0.05) is 30.8 Å². The first kappa shape index (κ1) is 13.0. The molecule has 2 rings (SSSR count). The molecule has 5 heteroatoms. The predicted octanol–water partition coefficient (Wildman–Crippen LogP) is 3.15. The van der Waals surface area contributed by atoms with Crippen LogP contribution in [0.15, 0.2) is 24.3 Å². The summed E-state index contributed by atoms with van der Waals surface area (Å²) in [6.45, 7) is 1.99. The average Bonchev–Trinajstić information content (AvgIpc) is 2.67. The molecule has 1 aliphatic rings. The number of likely N-dealkylation sites (tertiary alicyclic amines) is 1. The number of hydrogen-bond donors (Lipinski definition) is 0. The molecule has 0 unspecified atom stereocenters. The fourth-order valence-corrected chi connectivity index (χ4v) is 2.50. The van der Waals surface area contributed by atoms with E-state index in [-0.39, 0.29) is 5.69 Å². The van der Waals surface area contributed by atoms with Gasteiger partial charge in [-0.3, -0.25) is 10.1 Å². The zero-order valence-corrected chi connectivity index (χ0v) is 11.0. The molecule has 18 heavy (non-hydrogen) atoms. The third-order valence-corrected chi connectivity index (χ3v) is 3.71. The topological polar surface area (TPSA) is 46.4 Å². The SMILES string of the molecule is O=[N+]([O-])c1ccc(C(=S)N2CCCCCC2)cc1. The highest BCUT2D eigenvalue weighted by Gasteiger charge is 2.14. The van der Waals surface area contributed by atoms with Crippen LogP contribution in [0.5, 0.6) is 0 Å². The molecule has 0 saturated carbocycles. The van der Waals surface area contributed by atoms with Gasteiger partial charge in [-0.25, -0.2) is 0 Å². The van der Waals surface area contributed by atoms with Gasteiger partial charge in [0.2, 0.25) is 0 Å². The summed E-state index contributed by atoms with van der Waals surface area (Å²) in [5.74, 6) is 0. The highest BCUT2D eigenvalue weighted by molar-refractivity contribution is 7.80. The van der Waals surface area contributed by atoms with E-state index in [0.29, 0.717) is 0 Å². The number of thiocarbonyl (C=S) groups is 1. The van der Waals surface area contributed by atoms with E-state index >= 15 is 0 Å². The van der Waals surface area contributed by atoms with Gasteiger partial charge in [0.05, 0.1) is 4.92 Å². The lowest BCUT2D eigenvalue weighted by atomic mass is 10.2. The van der Waals surface area contributed by atoms with Crippen molar-refractivity contribution in [2.45, 2.75) is 25.7 Å². The molecule has 0 atom stereocenters. The first-order valence-electron chi connectivity index (χ1n) is 6.22. The molecule has 1 heterocycles. The normalized spacial score (nSPS) is 16.1. The van der Waals surface area contributed by atoms with E-state index in [1.165, 1.54) is 37.8 Å². The standard InChI is InChI=1S/C13H16N2O2S/c16-15(17)12-7-5-11(6-8-12)13(18)14-9-3-1-2-4-10-14/h5-8H,1-4,9-10H2. The molecule has 1 aromatic rings. The molecule has 0 N–H and O–H groups in total. The number of rotatable bonds is 2. The lowest BCUT2D eigenvalue weighted by molar-refractivity contribution is -0.384. The van der Waals surface area contributed by atoms with Gasteiger partial charge in [-0.05, 0) is 25.0 Å². The molecule has 0 aromatic heterocycles. The van der Waals surface area contributed by atoms with E-state index in [1.807, 2.05) is 0 Å². The van der Waals surface area contributed by atoms with Crippen molar-refractivity contribution in [2.75, 3.05) is 13.1 Å². The van der Waals surface area contributed by atoms with Crippen LogP contribution in [0.25, 0.3) is 0 Å². The van der Waals surface area contributed by atoms with Crippen molar-refractivity contribution in [3.05, 3.63) is 39.9 Å². The lowest BCUT2D eigenvalue weighted by Gasteiger charge is -2.23. The van der Waals surface area contributed by atoms with Gasteiger partial charge < -0.3 is 4.90 Å². The summed E-state index contributed by atoms with van der Waals surface area (Å²) >= 11 is 5.47. The van der Waals surface area contributed by atoms with Crippen molar-refractivity contribution in [1.82, 2.24) is 4.90 Å². The number of benzene rings is 1. The van der Waals surface area contributed by atoms with E-state index < -0.39 is 4.92 Å². The Morgan fingerprint density at radius 2 is 1.67 bits per heavy atom. The van der Waals surface area contributed by atoms with Crippen molar-refractivity contribution >= 4 is 22.9 Å². The smallest absolute Gasteiger partial charge is 0.269 e. The van der Waals surface area contributed by atoms with E-state index in [0.717, 1.165) is 23.6 Å². The maximum Gasteiger partial charge on any atom is 0.269 e. The van der Waals surface area contributed by atoms with Crippen LogP contribution in [0.2, 0.25) is 0 Å². The van der Waals surface area contributed by atoms with Crippen LogP contribution in [0.3, 0.4) is 0 Å². The molecule has 0 radical (unpaired) electrons. The minimum Gasteiger partial charge on any atom is -0.362 e. The van der Waals surface area contributed by atoms with Crippen LogP contribution < -0.4 is 0 Å². The molecule has 0 amide bonds. The third-order valence-electron chi connectivity index (χ3n) is 3.22. The molecule has 0 aliphatic carbocycles. The Balaban J connectivity index is 2.10. The fraction of sp³-hybridized carbons (Fsp3) is 0.462. The van der Waals surface area contributed by atoms with Crippen LogP contribution in [0.4, 0.5) is 5.69 Å². The first-order valence-corrected chi connectivity index (χ1v) is 6.63. The molecule has 0 bridgehead atoms. The van der Waals surface area contributed by atoms with E-state index in [9.17, 15) is 10.1 Å². The zero-order chi connectivity index (χ0) is 13.0. The monoisotopic (exact) mass is 264 g/mol.